The van der Waals surface area contributed by atoms with Crippen molar-refractivity contribution in [2.45, 2.75) is 25.8 Å². The number of carbonyl (C=O) groups is 3. The first kappa shape index (κ1) is 20.7. The van der Waals surface area contributed by atoms with Crippen molar-refractivity contribution in [3.63, 3.8) is 0 Å². The van der Waals surface area contributed by atoms with Crippen LogP contribution in [0, 0.1) is 6.92 Å². The summed E-state index contributed by atoms with van der Waals surface area (Å²) in [6, 6.07) is 15.8. The van der Waals surface area contributed by atoms with Gasteiger partial charge in [-0.25, -0.2) is 9.78 Å². The van der Waals surface area contributed by atoms with Gasteiger partial charge >= 0.3 is 6.03 Å². The van der Waals surface area contributed by atoms with Crippen LogP contribution in [0.2, 0.25) is 0 Å². The fourth-order valence-corrected chi connectivity index (χ4v) is 4.32. The number of amides is 4. The van der Waals surface area contributed by atoms with Crippen molar-refractivity contribution >= 4 is 34.9 Å². The molecule has 1 aromatic heterocycles. The molecule has 158 valence electrons. The van der Waals surface area contributed by atoms with E-state index >= 15 is 0 Å². The Hall–Kier alpha value is -3.52. The van der Waals surface area contributed by atoms with Gasteiger partial charge in [0.15, 0.2) is 0 Å². The average Bonchev–Trinajstić information content (AvgIpc) is 3.32. The number of anilines is 1. The van der Waals surface area contributed by atoms with Gasteiger partial charge in [-0.2, -0.15) is 0 Å². The fourth-order valence-electron chi connectivity index (χ4n) is 3.70. The van der Waals surface area contributed by atoms with Gasteiger partial charge in [-0.1, -0.05) is 49.4 Å². The van der Waals surface area contributed by atoms with Gasteiger partial charge in [-0.05, 0) is 31.0 Å². The van der Waals surface area contributed by atoms with Crippen LogP contribution in [-0.2, 0) is 15.1 Å². The molecule has 8 heteroatoms. The summed E-state index contributed by atoms with van der Waals surface area (Å²) in [5, 5.41) is 8.49. The maximum absolute atomic E-state index is 13.1. The lowest BCUT2D eigenvalue weighted by molar-refractivity contribution is -0.134. The van der Waals surface area contributed by atoms with Crippen molar-refractivity contribution in [3.05, 3.63) is 70.5 Å². The van der Waals surface area contributed by atoms with Crippen LogP contribution in [0.3, 0.4) is 0 Å². The number of urea groups is 1. The van der Waals surface area contributed by atoms with Crippen LogP contribution in [0.25, 0.3) is 11.3 Å². The molecule has 0 saturated carbocycles. The van der Waals surface area contributed by atoms with E-state index in [1.165, 1.54) is 0 Å². The normalized spacial score (nSPS) is 18.2. The second kappa shape index (κ2) is 8.31. The summed E-state index contributed by atoms with van der Waals surface area (Å²) in [7, 11) is 0. The minimum Gasteiger partial charge on any atom is -0.325 e. The molecule has 2 N–H and O–H groups in total. The zero-order chi connectivity index (χ0) is 22.0. The average molecular weight is 435 g/mol. The van der Waals surface area contributed by atoms with E-state index in [2.05, 4.69) is 15.6 Å². The van der Waals surface area contributed by atoms with Crippen LogP contribution in [0.15, 0.2) is 60.0 Å². The van der Waals surface area contributed by atoms with Gasteiger partial charge in [0.05, 0.1) is 10.7 Å². The Morgan fingerprint density at radius 3 is 2.45 bits per heavy atom. The van der Waals surface area contributed by atoms with Crippen molar-refractivity contribution in [3.8, 4) is 11.3 Å². The Morgan fingerprint density at radius 2 is 1.84 bits per heavy atom. The first-order chi connectivity index (χ1) is 14.9. The van der Waals surface area contributed by atoms with Crippen LogP contribution in [0.1, 0.15) is 23.9 Å². The number of benzene rings is 2. The van der Waals surface area contributed by atoms with Crippen LogP contribution in [0.5, 0.6) is 0 Å². The van der Waals surface area contributed by atoms with E-state index in [4.69, 9.17) is 0 Å². The number of rotatable bonds is 6. The van der Waals surface area contributed by atoms with Crippen molar-refractivity contribution < 1.29 is 14.4 Å². The topological polar surface area (TPSA) is 91.4 Å². The van der Waals surface area contributed by atoms with E-state index in [1.807, 2.05) is 49.6 Å². The quantitative estimate of drug-likeness (QED) is 0.576. The maximum Gasteiger partial charge on any atom is 0.325 e. The van der Waals surface area contributed by atoms with Crippen molar-refractivity contribution in [2.75, 3.05) is 11.9 Å². The number of nitrogens with one attached hydrogen (secondary N) is 2. The Morgan fingerprint density at radius 1 is 1.13 bits per heavy atom. The third-order valence-electron chi connectivity index (χ3n) is 5.36. The molecule has 3 aromatic rings. The molecule has 31 heavy (non-hydrogen) atoms. The first-order valence-electron chi connectivity index (χ1n) is 9.95. The number of carbonyl (C=O) groups excluding carboxylic acids is 3. The smallest absolute Gasteiger partial charge is 0.325 e. The molecule has 7 nitrogen and oxygen atoms in total. The van der Waals surface area contributed by atoms with Gasteiger partial charge in [0.1, 0.15) is 12.1 Å². The van der Waals surface area contributed by atoms with E-state index in [-0.39, 0.29) is 6.54 Å². The first-order valence-corrected chi connectivity index (χ1v) is 10.8. The van der Waals surface area contributed by atoms with Crippen molar-refractivity contribution in [2.24, 2.45) is 0 Å². The van der Waals surface area contributed by atoms with Crippen LogP contribution in [-0.4, -0.2) is 34.3 Å². The molecule has 2 aromatic carbocycles. The lowest BCUT2D eigenvalue weighted by Crippen LogP contribution is -2.44. The van der Waals surface area contributed by atoms with Crippen LogP contribution in [0.4, 0.5) is 10.5 Å². The third kappa shape index (κ3) is 3.94. The van der Waals surface area contributed by atoms with Crippen molar-refractivity contribution in [1.82, 2.24) is 15.2 Å². The van der Waals surface area contributed by atoms with Crippen LogP contribution >= 0.6 is 11.3 Å². The maximum atomic E-state index is 13.1. The highest BCUT2D eigenvalue weighted by Crippen LogP contribution is 2.32. The lowest BCUT2D eigenvalue weighted by Gasteiger charge is -2.25. The molecular formula is C23H22N4O3S. The second-order valence-corrected chi connectivity index (χ2v) is 8.39. The third-order valence-corrected chi connectivity index (χ3v) is 6.13. The van der Waals surface area contributed by atoms with Crippen LogP contribution < -0.4 is 10.6 Å². The minimum absolute atomic E-state index is 0.355. The molecular weight excluding hydrogens is 412 g/mol. The van der Waals surface area contributed by atoms with E-state index in [0.717, 1.165) is 21.2 Å². The standard InChI is InChI=1S/C23H22N4O3S/c1-3-23(17-7-5-4-6-8-17)21(29)27(22(30)26-23)13-20(28)25-18-11-9-16(10-12-18)19-14-31-15(2)24-19/h4-12,14H,3,13H2,1-2H3,(H,25,28)(H,26,30). The number of imide groups is 1. The Balaban J connectivity index is 1.45. The highest BCUT2D eigenvalue weighted by Gasteiger charge is 2.51. The molecule has 0 radical (unpaired) electrons. The molecule has 2 heterocycles. The molecule has 1 fully saturated rings. The molecule has 1 aliphatic heterocycles. The second-order valence-electron chi connectivity index (χ2n) is 7.32. The molecule has 0 bridgehead atoms. The molecule has 1 saturated heterocycles. The molecule has 0 aliphatic carbocycles. The largest absolute Gasteiger partial charge is 0.325 e. The highest BCUT2D eigenvalue weighted by atomic mass is 32.1. The van der Waals surface area contributed by atoms with E-state index in [0.29, 0.717) is 17.7 Å². The summed E-state index contributed by atoms with van der Waals surface area (Å²) in [5.74, 6) is -0.865. The predicted octanol–water partition coefficient (Wildman–Crippen LogP) is 3.91. The number of aromatic nitrogens is 1. The van der Waals surface area contributed by atoms with Gasteiger partial charge in [0.25, 0.3) is 5.91 Å². The van der Waals surface area contributed by atoms with Crippen molar-refractivity contribution in [1.29, 1.82) is 0 Å². The zero-order valence-electron chi connectivity index (χ0n) is 17.2. The van der Waals surface area contributed by atoms with Gasteiger partial charge in [0, 0.05) is 16.6 Å². The molecule has 4 rings (SSSR count). The Bertz CT molecular complexity index is 1130. The van der Waals surface area contributed by atoms with E-state index in [1.54, 1.807) is 35.6 Å². The summed E-state index contributed by atoms with van der Waals surface area (Å²) in [4.78, 5) is 43.6. The van der Waals surface area contributed by atoms with Gasteiger partial charge < -0.3 is 10.6 Å². The Kier molecular flexibility index (Phi) is 5.56. The summed E-state index contributed by atoms with van der Waals surface area (Å²) in [6.45, 7) is 3.43. The predicted molar refractivity (Wildman–Crippen MR) is 120 cm³/mol. The molecule has 4 amide bonds. The number of aryl methyl sites for hydroxylation is 1. The van der Waals surface area contributed by atoms with Gasteiger partial charge in [-0.15, -0.1) is 11.3 Å². The number of nitrogens with zero attached hydrogens (tertiary/aromatic N) is 2. The van der Waals surface area contributed by atoms with E-state index < -0.39 is 23.4 Å². The fraction of sp³-hybridized carbons (Fsp3) is 0.217. The van der Waals surface area contributed by atoms with E-state index in [9.17, 15) is 14.4 Å². The number of hydrogen-bond donors (Lipinski definition) is 2. The minimum atomic E-state index is -1.15. The number of hydrogen-bond acceptors (Lipinski definition) is 5. The van der Waals surface area contributed by atoms with Gasteiger partial charge in [-0.3, -0.25) is 14.5 Å². The highest BCUT2D eigenvalue weighted by molar-refractivity contribution is 7.09. The number of thiazole rings is 1. The molecule has 0 spiro atoms. The summed E-state index contributed by atoms with van der Waals surface area (Å²) in [6.07, 6.45) is 0.386. The molecule has 1 aliphatic rings. The Labute approximate surface area is 184 Å². The monoisotopic (exact) mass is 434 g/mol. The van der Waals surface area contributed by atoms with Gasteiger partial charge in [0.2, 0.25) is 5.91 Å². The lowest BCUT2D eigenvalue weighted by atomic mass is 9.87. The summed E-state index contributed by atoms with van der Waals surface area (Å²) < 4.78 is 0. The zero-order valence-corrected chi connectivity index (χ0v) is 18.0. The molecule has 1 unspecified atom stereocenters. The SMILES string of the molecule is CCC1(c2ccccc2)NC(=O)N(CC(=O)Nc2ccc(-c3csc(C)n3)cc2)C1=O. The summed E-state index contributed by atoms with van der Waals surface area (Å²) in [5.41, 5.74) is 1.97. The summed E-state index contributed by atoms with van der Waals surface area (Å²) >= 11 is 1.58. The molecule has 1 atom stereocenters.